The number of pyridine rings is 1. The predicted molar refractivity (Wildman–Crippen MR) is 119 cm³/mol. The first-order valence-corrected chi connectivity index (χ1v) is 10.8. The largest absolute Gasteiger partial charge is 0.490 e. The number of aliphatic carboxylic acids is 1. The number of halogens is 5. The van der Waals surface area contributed by atoms with Gasteiger partial charge in [0.25, 0.3) is 11.8 Å². The fourth-order valence-corrected chi connectivity index (χ4v) is 3.62. The van der Waals surface area contributed by atoms with Crippen LogP contribution in [-0.2, 0) is 4.79 Å². The molecule has 1 fully saturated rings. The van der Waals surface area contributed by atoms with Gasteiger partial charge in [-0.2, -0.15) is 13.2 Å². The number of carboxylic acids is 1. The Kier molecular flexibility index (Phi) is 6.96. The van der Waals surface area contributed by atoms with Gasteiger partial charge in [0.2, 0.25) is 11.6 Å². The Hall–Kier alpha value is -4.29. The molecule has 1 aliphatic heterocycles. The molecule has 1 saturated heterocycles. The highest BCUT2D eigenvalue weighted by Crippen LogP contribution is 2.33. The number of likely N-dealkylation sites (tertiary alicyclic amines) is 1. The Bertz CT molecular complexity index is 1440. The number of benzene rings is 2. The molecule has 3 heterocycles. The van der Waals surface area contributed by atoms with Crippen LogP contribution >= 0.6 is 0 Å². The molecule has 1 amide bonds. The average molecular weight is 523 g/mol. The van der Waals surface area contributed by atoms with Crippen molar-refractivity contribution in [2.24, 2.45) is 0 Å². The molecule has 1 aliphatic rings. The number of rotatable bonds is 3. The summed E-state index contributed by atoms with van der Waals surface area (Å²) < 4.78 is 71.6. The van der Waals surface area contributed by atoms with Crippen LogP contribution in [0.2, 0.25) is 0 Å². The summed E-state index contributed by atoms with van der Waals surface area (Å²) >= 11 is 0. The maximum absolute atomic E-state index is 14.6. The monoisotopic (exact) mass is 523 g/mol. The van der Waals surface area contributed by atoms with Crippen LogP contribution in [0.15, 0.2) is 65.2 Å². The molecule has 0 spiro atoms. The number of carbonyl (C=O) groups is 2. The molecule has 2 aromatic carbocycles. The molecule has 0 bridgehead atoms. The quantitative estimate of drug-likeness (QED) is 0.379. The first kappa shape index (κ1) is 25.8. The van der Waals surface area contributed by atoms with Crippen LogP contribution in [-0.4, -0.2) is 63.3 Å². The number of fused-ring (bicyclic) bond motifs is 2. The Morgan fingerprint density at radius 1 is 1.03 bits per heavy atom. The van der Waals surface area contributed by atoms with Crippen molar-refractivity contribution in [2.75, 3.05) is 13.1 Å². The Labute approximate surface area is 205 Å². The molecule has 1 atom stereocenters. The summed E-state index contributed by atoms with van der Waals surface area (Å²) in [6, 6.07) is 17.6. The minimum absolute atomic E-state index is 0.0402. The van der Waals surface area contributed by atoms with Crippen LogP contribution < -0.4 is 4.74 Å². The number of carboxylic acid groups (broad SMARTS) is 1. The molecular weight excluding hydrogens is 505 g/mol. The van der Waals surface area contributed by atoms with Crippen molar-refractivity contribution >= 4 is 33.7 Å². The first-order valence-electron chi connectivity index (χ1n) is 10.8. The lowest BCUT2D eigenvalue weighted by atomic mass is 10.0. The molecule has 0 aliphatic carbocycles. The van der Waals surface area contributed by atoms with Gasteiger partial charge < -0.3 is 19.3 Å². The lowest BCUT2D eigenvalue weighted by Gasteiger charge is -2.37. The fourth-order valence-electron chi connectivity index (χ4n) is 3.62. The Balaban J connectivity index is 0.000000405. The van der Waals surface area contributed by atoms with E-state index >= 15 is 0 Å². The predicted octanol–water partition coefficient (Wildman–Crippen LogP) is 4.94. The lowest BCUT2D eigenvalue weighted by Crippen LogP contribution is -2.55. The number of aromatic nitrogens is 2. The summed E-state index contributed by atoms with van der Waals surface area (Å²) in [4.78, 5) is 27.5. The molecule has 194 valence electrons. The number of alkyl halides is 5. The molecule has 4 aromatic rings. The van der Waals surface area contributed by atoms with Crippen LogP contribution in [0.3, 0.4) is 0 Å². The number of hydrogen-bond donors (Lipinski definition) is 1. The topological polar surface area (TPSA) is 106 Å². The van der Waals surface area contributed by atoms with Crippen molar-refractivity contribution in [2.45, 2.75) is 24.6 Å². The second kappa shape index (κ2) is 9.99. The Morgan fingerprint density at radius 2 is 1.68 bits per heavy atom. The van der Waals surface area contributed by atoms with E-state index in [-0.39, 0.29) is 24.7 Å². The maximum atomic E-state index is 14.6. The van der Waals surface area contributed by atoms with E-state index < -0.39 is 36.5 Å². The third kappa shape index (κ3) is 5.76. The van der Waals surface area contributed by atoms with E-state index in [9.17, 15) is 26.7 Å². The molecule has 0 radical (unpaired) electrons. The number of ether oxygens (including phenoxy) is 1. The van der Waals surface area contributed by atoms with Crippen LogP contribution in [0.4, 0.5) is 22.0 Å². The second-order valence-corrected chi connectivity index (χ2v) is 8.04. The van der Waals surface area contributed by atoms with E-state index in [1.54, 1.807) is 42.5 Å². The van der Waals surface area contributed by atoms with Crippen LogP contribution in [0.5, 0.6) is 5.88 Å². The van der Waals surface area contributed by atoms with Crippen molar-refractivity contribution < 1.29 is 45.9 Å². The third-order valence-corrected chi connectivity index (χ3v) is 5.52. The van der Waals surface area contributed by atoms with E-state index in [4.69, 9.17) is 19.2 Å². The maximum Gasteiger partial charge on any atom is 0.490 e. The molecular formula is C24H18F5N3O5. The number of nitrogens with zero attached hydrogens (tertiary/aromatic N) is 3. The summed E-state index contributed by atoms with van der Waals surface area (Å²) in [7, 11) is 0. The van der Waals surface area contributed by atoms with Gasteiger partial charge in [-0.3, -0.25) is 4.79 Å². The highest BCUT2D eigenvalue weighted by atomic mass is 19.4. The molecule has 8 nitrogen and oxygen atoms in total. The van der Waals surface area contributed by atoms with Gasteiger partial charge in [-0.1, -0.05) is 35.5 Å². The molecule has 5 rings (SSSR count). The second-order valence-electron chi connectivity index (χ2n) is 8.04. The minimum atomic E-state index is -5.08. The minimum Gasteiger partial charge on any atom is -0.475 e. The van der Waals surface area contributed by atoms with Crippen LogP contribution in [0, 0.1) is 0 Å². The molecule has 13 heteroatoms. The highest BCUT2D eigenvalue weighted by Gasteiger charge is 2.48. The zero-order chi connectivity index (χ0) is 26.8. The summed E-state index contributed by atoms with van der Waals surface area (Å²) in [6.07, 6.45) is -7.11. The summed E-state index contributed by atoms with van der Waals surface area (Å²) in [5, 5.41) is 12.4. The van der Waals surface area contributed by atoms with Crippen LogP contribution in [0.1, 0.15) is 17.0 Å². The molecule has 1 unspecified atom stereocenters. The lowest BCUT2D eigenvalue weighted by molar-refractivity contribution is -0.192. The first-order chi connectivity index (χ1) is 17.5. The van der Waals surface area contributed by atoms with Gasteiger partial charge in [-0.15, -0.1) is 0 Å². The number of para-hydroxylation sites is 1. The van der Waals surface area contributed by atoms with E-state index in [1.165, 1.54) is 4.90 Å². The van der Waals surface area contributed by atoms with Crippen LogP contribution in [0.25, 0.3) is 21.8 Å². The molecule has 37 heavy (non-hydrogen) atoms. The third-order valence-electron chi connectivity index (χ3n) is 5.52. The number of hydrogen-bond acceptors (Lipinski definition) is 6. The van der Waals surface area contributed by atoms with E-state index in [2.05, 4.69) is 10.1 Å². The van der Waals surface area contributed by atoms with E-state index in [0.29, 0.717) is 16.4 Å². The summed E-state index contributed by atoms with van der Waals surface area (Å²) in [6.45, 7) is -0.388. The van der Waals surface area contributed by atoms with E-state index in [1.807, 2.05) is 18.2 Å². The summed E-state index contributed by atoms with van der Waals surface area (Å²) in [5.74, 6) is -6.20. The van der Waals surface area contributed by atoms with Crippen molar-refractivity contribution in [1.29, 1.82) is 0 Å². The van der Waals surface area contributed by atoms with Gasteiger partial charge >= 0.3 is 12.1 Å². The van der Waals surface area contributed by atoms with Gasteiger partial charge in [0.05, 0.1) is 17.4 Å². The van der Waals surface area contributed by atoms with Crippen molar-refractivity contribution in [3.63, 3.8) is 0 Å². The van der Waals surface area contributed by atoms with Gasteiger partial charge in [0.1, 0.15) is 5.52 Å². The zero-order valence-electron chi connectivity index (χ0n) is 18.8. The standard InChI is InChI=1S/C22H17F2N3O3.C2HF3O2/c23-22(24)11-12-27(21(28)20-15-6-2-4-8-17(15)26-30-20)13-18(22)29-19-10-9-14-5-1-3-7-16(14)25-19;3-2(4,5)1(6)7/h1-10,18H,11-13H2;(H,6,7). The number of amides is 1. The average Bonchev–Trinajstić information content (AvgIpc) is 3.29. The molecule has 0 saturated carbocycles. The van der Waals surface area contributed by atoms with E-state index in [0.717, 1.165) is 5.39 Å². The van der Waals surface area contributed by atoms with Gasteiger partial charge in [0, 0.05) is 24.4 Å². The van der Waals surface area contributed by atoms with Gasteiger partial charge in [-0.25, -0.2) is 18.6 Å². The van der Waals surface area contributed by atoms with Gasteiger partial charge in [0.15, 0.2) is 6.10 Å². The fraction of sp³-hybridized carbons (Fsp3) is 0.250. The highest BCUT2D eigenvalue weighted by molar-refractivity contribution is 6.03. The number of piperidine rings is 1. The smallest absolute Gasteiger partial charge is 0.475 e. The normalized spacial score (nSPS) is 17.2. The zero-order valence-corrected chi connectivity index (χ0v) is 18.8. The Morgan fingerprint density at radius 3 is 2.38 bits per heavy atom. The molecule has 2 aromatic heterocycles. The van der Waals surface area contributed by atoms with Gasteiger partial charge in [-0.05, 0) is 24.3 Å². The summed E-state index contributed by atoms with van der Waals surface area (Å²) in [5.41, 5.74) is 1.19. The SMILES string of the molecule is O=C(O)C(F)(F)F.O=C(c1onc2ccccc12)N1CCC(F)(F)C(Oc2ccc3ccccc3n2)C1. The number of carbonyl (C=O) groups excluding carboxylic acids is 1. The molecule has 1 N–H and O–H groups in total. The van der Waals surface area contributed by atoms with Crippen molar-refractivity contribution in [1.82, 2.24) is 15.0 Å². The van der Waals surface area contributed by atoms with Crippen molar-refractivity contribution in [3.8, 4) is 5.88 Å². The van der Waals surface area contributed by atoms with Crippen molar-refractivity contribution in [3.05, 3.63) is 66.4 Å².